The number of rotatable bonds is 3. The molecule has 1 atom stereocenters. The third kappa shape index (κ3) is 3.01. The van der Waals surface area contributed by atoms with Crippen LogP contribution in [0.5, 0.6) is 0 Å². The number of carbonyl (C=O) groups is 2. The van der Waals surface area contributed by atoms with Gasteiger partial charge in [0.1, 0.15) is 17.7 Å². The minimum atomic E-state index is -0.515. The van der Waals surface area contributed by atoms with Crippen LogP contribution in [0.2, 0.25) is 5.02 Å². The van der Waals surface area contributed by atoms with Crippen LogP contribution in [0, 0.1) is 5.82 Å². The van der Waals surface area contributed by atoms with E-state index < -0.39 is 11.8 Å². The van der Waals surface area contributed by atoms with Crippen LogP contribution in [0.1, 0.15) is 10.9 Å². The first kappa shape index (κ1) is 14.1. The van der Waals surface area contributed by atoms with Gasteiger partial charge < -0.3 is 9.64 Å². The maximum atomic E-state index is 13.1. The third-order valence-corrected chi connectivity index (χ3v) is 4.27. The summed E-state index contributed by atoms with van der Waals surface area (Å²) >= 11 is 7.10. The summed E-state index contributed by atoms with van der Waals surface area (Å²) in [5, 5.41) is -0.347. The first-order valence-corrected chi connectivity index (χ1v) is 6.88. The van der Waals surface area contributed by atoms with Crippen LogP contribution in [0.4, 0.5) is 4.39 Å². The number of carbonyl (C=O) groups excluding carboxylic acids is 2. The second-order valence-electron chi connectivity index (χ2n) is 3.93. The summed E-state index contributed by atoms with van der Waals surface area (Å²) in [4.78, 5) is 24.5. The van der Waals surface area contributed by atoms with E-state index in [1.165, 1.54) is 35.9 Å². The zero-order valence-corrected chi connectivity index (χ0v) is 11.6. The van der Waals surface area contributed by atoms with Crippen molar-refractivity contribution in [1.82, 2.24) is 4.90 Å². The van der Waals surface area contributed by atoms with Crippen LogP contribution in [-0.2, 0) is 14.3 Å². The molecule has 19 heavy (non-hydrogen) atoms. The molecule has 0 bridgehead atoms. The Bertz CT molecular complexity index is 526. The lowest BCUT2D eigenvalue weighted by molar-refractivity contribution is -0.146. The van der Waals surface area contributed by atoms with Crippen molar-refractivity contribution >= 4 is 35.2 Å². The zero-order chi connectivity index (χ0) is 14.0. The van der Waals surface area contributed by atoms with E-state index >= 15 is 0 Å². The fraction of sp³-hybridized carbons (Fsp3) is 0.333. The maximum Gasteiger partial charge on any atom is 0.325 e. The normalized spacial score (nSPS) is 18.8. The van der Waals surface area contributed by atoms with Gasteiger partial charge in [0, 0.05) is 0 Å². The second kappa shape index (κ2) is 5.79. The van der Waals surface area contributed by atoms with E-state index in [1.807, 2.05) is 0 Å². The number of halogens is 2. The molecule has 4 nitrogen and oxygen atoms in total. The summed E-state index contributed by atoms with van der Waals surface area (Å²) in [5.41, 5.74) is 0.686. The molecule has 0 spiro atoms. The van der Waals surface area contributed by atoms with Crippen LogP contribution in [-0.4, -0.2) is 36.2 Å². The maximum absolute atomic E-state index is 13.1. The Morgan fingerprint density at radius 2 is 2.37 bits per heavy atom. The van der Waals surface area contributed by atoms with E-state index in [0.717, 1.165) is 0 Å². The molecule has 0 aliphatic carbocycles. The highest BCUT2D eigenvalue weighted by molar-refractivity contribution is 8.00. The molecule has 1 fully saturated rings. The molecular formula is C12H11ClFNO3S. The summed E-state index contributed by atoms with van der Waals surface area (Å²) in [5.74, 6) is -0.884. The fourth-order valence-corrected chi connectivity index (χ4v) is 3.14. The molecular weight excluding hydrogens is 293 g/mol. The van der Waals surface area contributed by atoms with Gasteiger partial charge in [-0.2, -0.15) is 0 Å². The first-order chi connectivity index (χ1) is 9.02. The van der Waals surface area contributed by atoms with Crippen molar-refractivity contribution < 1.29 is 18.7 Å². The highest BCUT2D eigenvalue weighted by atomic mass is 35.5. The Balaban J connectivity index is 2.24. The number of nitrogens with zero attached hydrogens (tertiary/aromatic N) is 1. The average molecular weight is 304 g/mol. The third-order valence-electron chi connectivity index (χ3n) is 2.72. The number of esters is 1. The molecule has 1 amide bonds. The van der Waals surface area contributed by atoms with Gasteiger partial charge in [-0.1, -0.05) is 17.7 Å². The Morgan fingerprint density at radius 3 is 3.00 bits per heavy atom. The van der Waals surface area contributed by atoms with Crippen molar-refractivity contribution in [3.05, 3.63) is 34.6 Å². The van der Waals surface area contributed by atoms with Crippen molar-refractivity contribution in [2.75, 3.05) is 19.4 Å². The van der Waals surface area contributed by atoms with E-state index in [-0.39, 0.29) is 28.6 Å². The Hall–Kier alpha value is -1.27. The predicted octanol–water partition coefficient (Wildman–Crippen LogP) is 2.23. The molecule has 1 aromatic carbocycles. The Morgan fingerprint density at radius 1 is 1.63 bits per heavy atom. The van der Waals surface area contributed by atoms with Crippen LogP contribution in [0.25, 0.3) is 0 Å². The second-order valence-corrected chi connectivity index (χ2v) is 5.41. The van der Waals surface area contributed by atoms with Gasteiger partial charge in [-0.15, -0.1) is 11.8 Å². The van der Waals surface area contributed by atoms with Crippen LogP contribution >= 0.6 is 23.4 Å². The van der Waals surface area contributed by atoms with Crippen LogP contribution < -0.4 is 0 Å². The van der Waals surface area contributed by atoms with Gasteiger partial charge in [0.05, 0.1) is 17.9 Å². The molecule has 7 heteroatoms. The van der Waals surface area contributed by atoms with E-state index in [2.05, 4.69) is 4.74 Å². The molecule has 1 saturated heterocycles. The van der Waals surface area contributed by atoms with Gasteiger partial charge in [-0.3, -0.25) is 9.59 Å². The molecule has 0 aromatic heterocycles. The van der Waals surface area contributed by atoms with Gasteiger partial charge in [0.2, 0.25) is 5.91 Å². The van der Waals surface area contributed by atoms with Crippen LogP contribution in [0.3, 0.4) is 0 Å². The molecule has 0 radical (unpaired) electrons. The molecule has 1 aliphatic heterocycles. The summed E-state index contributed by atoms with van der Waals surface area (Å²) in [7, 11) is 1.26. The van der Waals surface area contributed by atoms with Crippen LogP contribution in [0.15, 0.2) is 18.2 Å². The lowest BCUT2D eigenvalue weighted by Crippen LogP contribution is -2.34. The molecule has 0 N–H and O–H groups in total. The minimum Gasteiger partial charge on any atom is -0.468 e. The number of benzene rings is 1. The number of hydrogen-bond donors (Lipinski definition) is 0. The minimum absolute atomic E-state index is 0.00420. The lowest BCUT2D eigenvalue weighted by Gasteiger charge is -2.23. The van der Waals surface area contributed by atoms with E-state index in [1.54, 1.807) is 6.07 Å². The summed E-state index contributed by atoms with van der Waals surface area (Å²) in [6.45, 7) is -0.123. The monoisotopic (exact) mass is 303 g/mol. The lowest BCUT2D eigenvalue weighted by atomic mass is 10.2. The fourth-order valence-electron chi connectivity index (χ4n) is 1.77. The number of methoxy groups -OCH3 is 1. The molecule has 2 rings (SSSR count). The molecule has 1 unspecified atom stereocenters. The first-order valence-electron chi connectivity index (χ1n) is 5.45. The number of amides is 1. The molecule has 1 aromatic rings. The topological polar surface area (TPSA) is 46.6 Å². The zero-order valence-electron chi connectivity index (χ0n) is 10.1. The van der Waals surface area contributed by atoms with E-state index in [4.69, 9.17) is 11.6 Å². The Labute approximate surface area is 118 Å². The number of ether oxygens (including phenoxy) is 1. The molecule has 102 valence electrons. The highest BCUT2D eigenvalue weighted by Crippen LogP contribution is 2.39. The van der Waals surface area contributed by atoms with Crippen molar-refractivity contribution in [2.45, 2.75) is 5.37 Å². The largest absolute Gasteiger partial charge is 0.468 e. The van der Waals surface area contributed by atoms with Gasteiger partial charge >= 0.3 is 5.97 Å². The predicted molar refractivity (Wildman–Crippen MR) is 70.3 cm³/mol. The summed E-state index contributed by atoms with van der Waals surface area (Å²) in [6, 6.07) is 4.27. The van der Waals surface area contributed by atoms with Gasteiger partial charge in [0.25, 0.3) is 0 Å². The molecule has 0 saturated carbocycles. The SMILES string of the molecule is COC(=O)CN1C(=O)CSC1c1ccc(F)c(Cl)c1. The van der Waals surface area contributed by atoms with Crippen molar-refractivity contribution in [3.63, 3.8) is 0 Å². The summed E-state index contributed by atoms with van der Waals surface area (Å²) < 4.78 is 17.7. The number of hydrogen-bond acceptors (Lipinski definition) is 4. The number of thioether (sulfide) groups is 1. The van der Waals surface area contributed by atoms with Crippen molar-refractivity contribution in [1.29, 1.82) is 0 Å². The van der Waals surface area contributed by atoms with Gasteiger partial charge in [-0.05, 0) is 17.7 Å². The van der Waals surface area contributed by atoms with E-state index in [0.29, 0.717) is 5.56 Å². The average Bonchev–Trinajstić information content (AvgIpc) is 2.74. The van der Waals surface area contributed by atoms with E-state index in [9.17, 15) is 14.0 Å². The van der Waals surface area contributed by atoms with Gasteiger partial charge in [-0.25, -0.2) is 4.39 Å². The standard InChI is InChI=1S/C12H11ClFNO3S/c1-18-11(17)5-15-10(16)6-19-12(15)7-2-3-9(14)8(13)4-7/h2-4,12H,5-6H2,1H3. The van der Waals surface area contributed by atoms with Crippen molar-refractivity contribution in [3.8, 4) is 0 Å². The van der Waals surface area contributed by atoms with Gasteiger partial charge in [0.15, 0.2) is 0 Å². The highest BCUT2D eigenvalue weighted by Gasteiger charge is 2.34. The summed E-state index contributed by atoms with van der Waals surface area (Å²) in [6.07, 6.45) is 0. The molecule has 1 heterocycles. The Kier molecular flexibility index (Phi) is 4.31. The molecule has 1 aliphatic rings. The quantitative estimate of drug-likeness (QED) is 0.803. The van der Waals surface area contributed by atoms with Crippen molar-refractivity contribution in [2.24, 2.45) is 0 Å². The smallest absolute Gasteiger partial charge is 0.325 e.